The molecule has 0 fully saturated rings. The Morgan fingerprint density at radius 2 is 0.726 bits per heavy atom. The molecule has 1 heterocycles. The first-order chi connectivity index (χ1) is 30.5. The van der Waals surface area contributed by atoms with Crippen molar-refractivity contribution < 1.29 is 4.42 Å². The van der Waals surface area contributed by atoms with Gasteiger partial charge in [0, 0.05) is 16.2 Å². The molecular weight excluding hydrogens is 749 g/mol. The highest BCUT2D eigenvalue weighted by molar-refractivity contribution is 6.22. The largest absolute Gasteiger partial charge is 0.456 e. The van der Waals surface area contributed by atoms with E-state index in [9.17, 15) is 0 Å². The van der Waals surface area contributed by atoms with Crippen molar-refractivity contribution in [3.05, 3.63) is 217 Å². The van der Waals surface area contributed by atoms with Crippen LogP contribution in [-0.4, -0.2) is 0 Å². The Balaban J connectivity index is 0.948. The summed E-state index contributed by atoms with van der Waals surface area (Å²) >= 11 is 0. The molecule has 12 aromatic rings. The number of hydrogen-bond donors (Lipinski definition) is 0. The molecule has 0 unspecified atom stereocenters. The predicted octanol–water partition coefficient (Wildman–Crippen LogP) is 17.2. The van der Waals surface area contributed by atoms with E-state index in [0.29, 0.717) is 0 Å². The van der Waals surface area contributed by atoms with Crippen LogP contribution in [-0.2, 0) is 5.41 Å². The third-order valence-corrected chi connectivity index (χ3v) is 13.8. The molecule has 0 radical (unpaired) electrons. The van der Waals surface area contributed by atoms with Crippen molar-refractivity contribution in [2.45, 2.75) is 19.3 Å². The molecule has 0 spiro atoms. The quantitative estimate of drug-likeness (QED) is 0.128. The molecule has 1 nitrogen and oxygen atoms in total. The molecule has 290 valence electrons. The maximum Gasteiger partial charge on any atom is 0.135 e. The normalized spacial score (nSPS) is 13.1. The Kier molecular flexibility index (Phi) is 7.42. The SMILES string of the molecule is CC1(C)c2c(-c3ccc(-c4c5ccccc5c(-c5cccc(-c6ccc7oc8ccccc8c7c6)c5)c5ccccc45)cc3)cccc2-c2c1c1ccccc1c1ccccc21. The molecule has 11 aromatic carbocycles. The fourth-order valence-corrected chi connectivity index (χ4v) is 11.2. The predicted molar refractivity (Wildman–Crippen MR) is 263 cm³/mol. The van der Waals surface area contributed by atoms with E-state index >= 15 is 0 Å². The van der Waals surface area contributed by atoms with Gasteiger partial charge >= 0.3 is 0 Å². The minimum atomic E-state index is -0.191. The zero-order chi connectivity index (χ0) is 41.1. The van der Waals surface area contributed by atoms with Crippen LogP contribution in [0.1, 0.15) is 25.0 Å². The van der Waals surface area contributed by atoms with E-state index in [4.69, 9.17) is 4.42 Å². The van der Waals surface area contributed by atoms with Crippen LogP contribution < -0.4 is 0 Å². The number of para-hydroxylation sites is 1. The van der Waals surface area contributed by atoms with E-state index in [1.54, 1.807) is 0 Å². The van der Waals surface area contributed by atoms with Gasteiger partial charge in [-0.15, -0.1) is 0 Å². The summed E-state index contributed by atoms with van der Waals surface area (Å²) in [6, 6.07) is 76.1. The maximum atomic E-state index is 6.17. The summed E-state index contributed by atoms with van der Waals surface area (Å²) in [6.07, 6.45) is 0. The van der Waals surface area contributed by atoms with Gasteiger partial charge in [-0.05, 0) is 134 Å². The smallest absolute Gasteiger partial charge is 0.135 e. The Labute approximate surface area is 360 Å². The zero-order valence-electron chi connectivity index (χ0n) is 34.5. The number of furan rings is 1. The van der Waals surface area contributed by atoms with Crippen molar-refractivity contribution in [3.8, 4) is 55.6 Å². The lowest BCUT2D eigenvalue weighted by molar-refractivity contribution is 0.668. The van der Waals surface area contributed by atoms with Gasteiger partial charge in [-0.2, -0.15) is 0 Å². The molecule has 0 saturated carbocycles. The van der Waals surface area contributed by atoms with Gasteiger partial charge in [0.15, 0.2) is 0 Å². The van der Waals surface area contributed by atoms with Crippen LogP contribution in [0.15, 0.2) is 211 Å². The fourth-order valence-electron chi connectivity index (χ4n) is 11.2. The summed E-state index contributed by atoms with van der Waals surface area (Å²) in [5.41, 5.74) is 17.1. The molecular formula is C61H40O. The summed E-state index contributed by atoms with van der Waals surface area (Å²) in [5.74, 6) is 0. The summed E-state index contributed by atoms with van der Waals surface area (Å²) in [5, 5.41) is 12.6. The topological polar surface area (TPSA) is 13.1 Å². The molecule has 13 rings (SSSR count). The van der Waals surface area contributed by atoms with Gasteiger partial charge in [0.2, 0.25) is 0 Å². The van der Waals surface area contributed by atoms with E-state index < -0.39 is 0 Å². The highest BCUT2D eigenvalue weighted by atomic mass is 16.3. The highest BCUT2D eigenvalue weighted by Crippen LogP contribution is 2.57. The first kappa shape index (κ1) is 35.1. The lowest BCUT2D eigenvalue weighted by atomic mass is 9.76. The van der Waals surface area contributed by atoms with Crippen LogP contribution in [0, 0.1) is 0 Å². The Morgan fingerprint density at radius 3 is 1.40 bits per heavy atom. The second-order valence-corrected chi connectivity index (χ2v) is 17.5. The summed E-state index contributed by atoms with van der Waals surface area (Å²) in [7, 11) is 0. The van der Waals surface area contributed by atoms with Crippen LogP contribution in [0.25, 0.3) is 121 Å². The molecule has 0 amide bonds. The summed E-state index contributed by atoms with van der Waals surface area (Å²) < 4.78 is 6.17. The van der Waals surface area contributed by atoms with Crippen molar-refractivity contribution in [1.82, 2.24) is 0 Å². The molecule has 0 N–H and O–H groups in total. The van der Waals surface area contributed by atoms with Crippen LogP contribution in [0.4, 0.5) is 0 Å². The molecule has 0 aliphatic heterocycles. The molecule has 1 aliphatic rings. The van der Waals surface area contributed by atoms with Gasteiger partial charge < -0.3 is 4.42 Å². The minimum Gasteiger partial charge on any atom is -0.456 e. The van der Waals surface area contributed by atoms with E-state index in [-0.39, 0.29) is 5.41 Å². The lowest BCUT2D eigenvalue weighted by Crippen LogP contribution is -2.17. The molecule has 1 heteroatoms. The highest BCUT2D eigenvalue weighted by Gasteiger charge is 2.40. The standard InChI is InChI=1S/C61H40O/c1-61(2)59-42(26-14-27-52(59)58-46-20-5-3-17-43(46)44-18-4-10-25-51(44)60(58)61)37-29-31-38(32-30-37)56-47-21-6-8-23-49(47)57(50-24-9-7-22-48(50)56)41-16-13-15-39(35-41)40-33-34-55-53(36-40)45-19-11-12-28-54(45)62-55/h3-36H,1-2H3. The second-order valence-electron chi connectivity index (χ2n) is 17.5. The average molecular weight is 789 g/mol. The van der Waals surface area contributed by atoms with Crippen LogP contribution >= 0.6 is 0 Å². The van der Waals surface area contributed by atoms with Crippen molar-refractivity contribution in [1.29, 1.82) is 0 Å². The molecule has 1 aromatic heterocycles. The summed E-state index contributed by atoms with van der Waals surface area (Å²) in [6.45, 7) is 4.85. The fraction of sp³-hybridized carbons (Fsp3) is 0.0492. The van der Waals surface area contributed by atoms with Crippen molar-refractivity contribution in [3.63, 3.8) is 0 Å². The molecule has 0 saturated heterocycles. The third-order valence-electron chi connectivity index (χ3n) is 13.8. The molecule has 0 bridgehead atoms. The molecule has 62 heavy (non-hydrogen) atoms. The summed E-state index contributed by atoms with van der Waals surface area (Å²) in [4.78, 5) is 0. The number of hydrogen-bond acceptors (Lipinski definition) is 1. The van der Waals surface area contributed by atoms with E-state index in [1.165, 1.54) is 110 Å². The first-order valence-corrected chi connectivity index (χ1v) is 21.7. The zero-order valence-corrected chi connectivity index (χ0v) is 34.5. The van der Waals surface area contributed by atoms with Gasteiger partial charge in [-0.1, -0.05) is 196 Å². The average Bonchev–Trinajstić information content (AvgIpc) is 3.82. The van der Waals surface area contributed by atoms with Gasteiger partial charge in [-0.25, -0.2) is 0 Å². The van der Waals surface area contributed by atoms with Crippen LogP contribution in [0.3, 0.4) is 0 Å². The number of benzene rings is 11. The third kappa shape index (κ3) is 4.97. The van der Waals surface area contributed by atoms with Gasteiger partial charge in [0.25, 0.3) is 0 Å². The lowest BCUT2D eigenvalue weighted by Gasteiger charge is -2.26. The number of rotatable bonds is 4. The Bertz CT molecular complexity index is 3770. The van der Waals surface area contributed by atoms with Gasteiger partial charge in [0.05, 0.1) is 0 Å². The van der Waals surface area contributed by atoms with Crippen molar-refractivity contribution in [2.24, 2.45) is 0 Å². The van der Waals surface area contributed by atoms with Gasteiger partial charge in [-0.3, -0.25) is 0 Å². The number of fused-ring (bicyclic) bond motifs is 13. The van der Waals surface area contributed by atoms with Gasteiger partial charge in [0.1, 0.15) is 11.2 Å². The minimum absolute atomic E-state index is 0.191. The molecule has 1 aliphatic carbocycles. The Morgan fingerprint density at radius 1 is 0.274 bits per heavy atom. The monoisotopic (exact) mass is 788 g/mol. The van der Waals surface area contributed by atoms with E-state index in [2.05, 4.69) is 208 Å². The molecule has 0 atom stereocenters. The first-order valence-electron chi connectivity index (χ1n) is 21.7. The van der Waals surface area contributed by atoms with Crippen molar-refractivity contribution >= 4 is 65.0 Å². The van der Waals surface area contributed by atoms with Crippen LogP contribution in [0.5, 0.6) is 0 Å². The van der Waals surface area contributed by atoms with E-state index in [1.807, 2.05) is 12.1 Å². The maximum absolute atomic E-state index is 6.17. The second kappa shape index (κ2) is 13.1. The van der Waals surface area contributed by atoms with E-state index in [0.717, 1.165) is 21.9 Å². The van der Waals surface area contributed by atoms with Crippen molar-refractivity contribution in [2.75, 3.05) is 0 Å². The Hall–Kier alpha value is -7.74. The van der Waals surface area contributed by atoms with Crippen LogP contribution in [0.2, 0.25) is 0 Å².